The maximum atomic E-state index is 12.7. The highest BCUT2D eigenvalue weighted by atomic mass is 16.5. The summed E-state index contributed by atoms with van der Waals surface area (Å²) in [5.41, 5.74) is 3.92. The highest BCUT2D eigenvalue weighted by Crippen LogP contribution is 2.30. The zero-order valence-corrected chi connectivity index (χ0v) is 19.3. The van der Waals surface area contributed by atoms with E-state index >= 15 is 0 Å². The third kappa shape index (κ3) is 5.57. The van der Waals surface area contributed by atoms with Crippen molar-refractivity contribution in [3.05, 3.63) is 108 Å². The molecular weight excluding hydrogens is 440 g/mol. The van der Waals surface area contributed by atoms with Gasteiger partial charge in [0.05, 0.1) is 18.5 Å². The lowest BCUT2D eigenvalue weighted by atomic mass is 10.0. The standard InChI is InChI=1S/C28H24N4O3/c1-3-13-34-24-11-12-26(20(2)15-24)27-22(19-32(31-27)23-8-5-4-6-9-23)16-21(17-29)28(33)30-18-25-10-7-14-35-25/h3-12,14-16,19H,1,13,18H2,2H3,(H,30,33). The number of benzene rings is 2. The Kier molecular flexibility index (Phi) is 7.24. The molecule has 7 nitrogen and oxygen atoms in total. The van der Waals surface area contributed by atoms with Gasteiger partial charge in [-0.3, -0.25) is 4.79 Å². The molecule has 35 heavy (non-hydrogen) atoms. The highest BCUT2D eigenvalue weighted by molar-refractivity contribution is 6.02. The Morgan fingerprint density at radius 3 is 2.74 bits per heavy atom. The van der Waals surface area contributed by atoms with Gasteiger partial charge in [0.1, 0.15) is 35.5 Å². The number of aryl methyl sites for hydroxylation is 1. The maximum absolute atomic E-state index is 12.7. The molecule has 2 aromatic heterocycles. The van der Waals surface area contributed by atoms with Gasteiger partial charge in [-0.2, -0.15) is 10.4 Å². The zero-order valence-electron chi connectivity index (χ0n) is 19.3. The molecule has 4 aromatic rings. The fourth-order valence-electron chi connectivity index (χ4n) is 3.54. The summed E-state index contributed by atoms with van der Waals surface area (Å²) >= 11 is 0. The van der Waals surface area contributed by atoms with Gasteiger partial charge in [0.2, 0.25) is 0 Å². The molecule has 0 aliphatic heterocycles. The molecule has 0 bridgehead atoms. The number of carbonyl (C=O) groups excluding carboxylic acids is 1. The molecule has 2 aromatic carbocycles. The Hall–Kier alpha value is -4.83. The topological polar surface area (TPSA) is 93.1 Å². The number of nitrogens with one attached hydrogen (secondary N) is 1. The largest absolute Gasteiger partial charge is 0.490 e. The summed E-state index contributed by atoms with van der Waals surface area (Å²) in [5.74, 6) is 0.829. The van der Waals surface area contributed by atoms with Crippen LogP contribution >= 0.6 is 0 Å². The van der Waals surface area contributed by atoms with E-state index in [0.717, 1.165) is 22.6 Å². The maximum Gasteiger partial charge on any atom is 0.262 e. The first kappa shape index (κ1) is 23.3. The van der Waals surface area contributed by atoms with Gasteiger partial charge in [0.25, 0.3) is 5.91 Å². The molecule has 0 aliphatic carbocycles. The highest BCUT2D eigenvalue weighted by Gasteiger charge is 2.17. The number of hydrogen-bond acceptors (Lipinski definition) is 5. The fourth-order valence-corrected chi connectivity index (χ4v) is 3.54. The lowest BCUT2D eigenvalue weighted by Crippen LogP contribution is -2.23. The summed E-state index contributed by atoms with van der Waals surface area (Å²) < 4.78 is 12.6. The number of nitriles is 1. The van der Waals surface area contributed by atoms with Crippen LogP contribution in [0.15, 0.2) is 95.8 Å². The summed E-state index contributed by atoms with van der Waals surface area (Å²) in [5, 5.41) is 17.2. The van der Waals surface area contributed by atoms with Crippen LogP contribution in [0.1, 0.15) is 16.9 Å². The van der Waals surface area contributed by atoms with E-state index in [4.69, 9.17) is 14.3 Å². The van der Waals surface area contributed by atoms with Gasteiger partial charge >= 0.3 is 0 Å². The molecule has 0 spiro atoms. The van der Waals surface area contributed by atoms with Gasteiger partial charge < -0.3 is 14.5 Å². The van der Waals surface area contributed by atoms with E-state index in [-0.39, 0.29) is 12.1 Å². The second-order valence-electron chi connectivity index (χ2n) is 7.72. The Morgan fingerprint density at radius 1 is 1.23 bits per heavy atom. The van der Waals surface area contributed by atoms with Crippen LogP contribution in [-0.2, 0) is 11.3 Å². The van der Waals surface area contributed by atoms with E-state index in [1.54, 1.807) is 29.0 Å². The minimum absolute atomic E-state index is 0.0333. The third-order valence-corrected chi connectivity index (χ3v) is 5.25. The third-order valence-electron chi connectivity index (χ3n) is 5.25. The van der Waals surface area contributed by atoms with Gasteiger partial charge in [-0.05, 0) is 61.0 Å². The molecule has 2 heterocycles. The smallest absolute Gasteiger partial charge is 0.262 e. The van der Waals surface area contributed by atoms with Crippen molar-refractivity contribution in [1.82, 2.24) is 15.1 Å². The lowest BCUT2D eigenvalue weighted by Gasteiger charge is -2.09. The van der Waals surface area contributed by atoms with Crippen LogP contribution in [0, 0.1) is 18.3 Å². The van der Waals surface area contributed by atoms with E-state index in [1.165, 1.54) is 6.26 Å². The molecule has 7 heteroatoms. The van der Waals surface area contributed by atoms with E-state index in [9.17, 15) is 10.1 Å². The van der Waals surface area contributed by atoms with Crippen molar-refractivity contribution in [2.24, 2.45) is 0 Å². The second-order valence-corrected chi connectivity index (χ2v) is 7.72. The van der Waals surface area contributed by atoms with Gasteiger partial charge in [0, 0.05) is 17.3 Å². The van der Waals surface area contributed by atoms with Crippen LogP contribution in [0.3, 0.4) is 0 Å². The van der Waals surface area contributed by atoms with Crippen LogP contribution in [0.2, 0.25) is 0 Å². The van der Waals surface area contributed by atoms with Crippen molar-refractivity contribution < 1.29 is 13.9 Å². The van der Waals surface area contributed by atoms with Crippen molar-refractivity contribution in [1.29, 1.82) is 5.26 Å². The molecule has 0 aliphatic rings. The molecule has 0 fully saturated rings. The number of rotatable bonds is 9. The monoisotopic (exact) mass is 464 g/mol. The van der Waals surface area contributed by atoms with Crippen molar-refractivity contribution >= 4 is 12.0 Å². The van der Waals surface area contributed by atoms with Crippen LogP contribution in [-0.4, -0.2) is 22.3 Å². The van der Waals surface area contributed by atoms with Crippen molar-refractivity contribution in [3.8, 4) is 28.8 Å². The zero-order chi connectivity index (χ0) is 24.6. The molecule has 1 amide bonds. The predicted molar refractivity (Wildman–Crippen MR) is 134 cm³/mol. The molecule has 0 atom stereocenters. The normalized spacial score (nSPS) is 11.0. The van der Waals surface area contributed by atoms with Crippen molar-refractivity contribution in [2.75, 3.05) is 6.61 Å². The van der Waals surface area contributed by atoms with Gasteiger partial charge in [-0.1, -0.05) is 30.9 Å². The Bertz CT molecular complexity index is 1390. The summed E-state index contributed by atoms with van der Waals surface area (Å²) in [7, 11) is 0. The number of aromatic nitrogens is 2. The molecule has 1 N–H and O–H groups in total. The van der Waals surface area contributed by atoms with Gasteiger partial charge in [-0.25, -0.2) is 4.68 Å². The number of hydrogen-bond donors (Lipinski definition) is 1. The Morgan fingerprint density at radius 2 is 2.06 bits per heavy atom. The fraction of sp³-hybridized carbons (Fsp3) is 0.107. The first-order valence-electron chi connectivity index (χ1n) is 11.0. The lowest BCUT2D eigenvalue weighted by molar-refractivity contribution is -0.117. The first-order chi connectivity index (χ1) is 17.1. The minimum Gasteiger partial charge on any atom is -0.490 e. The molecule has 0 unspecified atom stereocenters. The van der Waals surface area contributed by atoms with E-state index < -0.39 is 5.91 Å². The summed E-state index contributed by atoms with van der Waals surface area (Å²) in [6.07, 6.45) is 6.58. The van der Waals surface area contributed by atoms with Crippen LogP contribution in [0.5, 0.6) is 5.75 Å². The minimum atomic E-state index is -0.493. The average Bonchev–Trinajstić information content (AvgIpc) is 3.55. The number of nitrogens with zero attached hydrogens (tertiary/aromatic N) is 3. The van der Waals surface area contributed by atoms with Gasteiger partial charge in [0.15, 0.2) is 0 Å². The number of carbonyl (C=O) groups is 1. The Labute approximate surface area is 203 Å². The molecular formula is C28H24N4O3. The molecule has 0 saturated carbocycles. The molecule has 0 saturated heterocycles. The number of para-hydroxylation sites is 1. The van der Waals surface area contributed by atoms with E-state index in [2.05, 4.69) is 11.9 Å². The predicted octanol–water partition coefficient (Wildman–Crippen LogP) is 5.23. The number of furan rings is 1. The molecule has 0 radical (unpaired) electrons. The first-order valence-corrected chi connectivity index (χ1v) is 11.0. The van der Waals surface area contributed by atoms with Crippen LogP contribution < -0.4 is 10.1 Å². The second kappa shape index (κ2) is 10.9. The van der Waals surface area contributed by atoms with Crippen LogP contribution in [0.25, 0.3) is 23.0 Å². The van der Waals surface area contributed by atoms with Crippen molar-refractivity contribution in [2.45, 2.75) is 13.5 Å². The summed E-state index contributed by atoms with van der Waals surface area (Å²) in [6.45, 7) is 6.24. The van der Waals surface area contributed by atoms with E-state index in [1.807, 2.05) is 67.7 Å². The van der Waals surface area contributed by atoms with Crippen LogP contribution in [0.4, 0.5) is 0 Å². The number of amides is 1. The number of ether oxygens (including phenoxy) is 1. The van der Waals surface area contributed by atoms with Gasteiger partial charge in [-0.15, -0.1) is 0 Å². The Balaban J connectivity index is 1.72. The summed E-state index contributed by atoms with van der Waals surface area (Å²) in [6, 6.07) is 20.9. The molecule has 4 rings (SSSR count). The summed E-state index contributed by atoms with van der Waals surface area (Å²) in [4.78, 5) is 12.7. The van der Waals surface area contributed by atoms with Crippen molar-refractivity contribution in [3.63, 3.8) is 0 Å². The molecule has 174 valence electrons. The quantitative estimate of drug-likeness (QED) is 0.208. The average molecular weight is 465 g/mol. The van der Waals surface area contributed by atoms with E-state index in [0.29, 0.717) is 23.6 Å². The SMILES string of the molecule is C=CCOc1ccc(-c2nn(-c3ccccc3)cc2C=C(C#N)C(=O)NCc2ccco2)c(C)c1.